The van der Waals surface area contributed by atoms with Gasteiger partial charge in [0, 0.05) is 31.6 Å². The molecule has 21 heavy (non-hydrogen) atoms. The smallest absolute Gasteiger partial charge is 0.222 e. The lowest BCUT2D eigenvalue weighted by Crippen LogP contribution is -2.27. The Morgan fingerprint density at radius 1 is 1.33 bits per heavy atom. The van der Waals surface area contributed by atoms with Gasteiger partial charge in [0.25, 0.3) is 0 Å². The predicted octanol–water partition coefficient (Wildman–Crippen LogP) is 3.08. The topological polar surface area (TPSA) is 46.3 Å². The van der Waals surface area contributed by atoms with Crippen LogP contribution in [0.4, 0.5) is 8.78 Å². The normalized spacial score (nSPS) is 12.2. The summed E-state index contributed by atoms with van der Waals surface area (Å²) in [4.78, 5) is 13.5. The van der Waals surface area contributed by atoms with Crippen LogP contribution in [0, 0.1) is 17.6 Å². The highest BCUT2D eigenvalue weighted by Crippen LogP contribution is 2.16. The van der Waals surface area contributed by atoms with Gasteiger partial charge in [0.05, 0.1) is 0 Å². The number of hydrogen-bond acceptors (Lipinski definition) is 2. The molecule has 0 bridgehead atoms. The van der Waals surface area contributed by atoms with Gasteiger partial charge in [0.15, 0.2) is 0 Å². The van der Waals surface area contributed by atoms with Crippen molar-refractivity contribution in [1.29, 1.82) is 0 Å². The molecule has 5 heteroatoms. The van der Waals surface area contributed by atoms with E-state index in [2.05, 4.69) is 6.92 Å². The Kier molecular flexibility index (Phi) is 7.29. The molecule has 0 fully saturated rings. The summed E-state index contributed by atoms with van der Waals surface area (Å²) >= 11 is 0. The van der Waals surface area contributed by atoms with Gasteiger partial charge < -0.3 is 10.6 Å². The number of carbonyl (C=O) groups is 1. The van der Waals surface area contributed by atoms with Crippen molar-refractivity contribution in [3.8, 4) is 0 Å². The molecule has 1 amide bonds. The Morgan fingerprint density at radius 2 is 2.05 bits per heavy atom. The summed E-state index contributed by atoms with van der Waals surface area (Å²) in [6.07, 6.45) is 3.14. The van der Waals surface area contributed by atoms with Gasteiger partial charge in [0.2, 0.25) is 5.91 Å². The van der Waals surface area contributed by atoms with E-state index in [-0.39, 0.29) is 12.5 Å². The number of nitrogens with two attached hydrogens (primary N) is 1. The second kappa shape index (κ2) is 8.72. The Bertz CT molecular complexity index is 466. The average molecular weight is 298 g/mol. The van der Waals surface area contributed by atoms with Crippen molar-refractivity contribution in [3.63, 3.8) is 0 Å². The number of benzene rings is 1. The SMILES string of the molecule is CCC(CCN)CCC(=O)N(C)Cc1ccc(F)cc1F. The molecule has 0 radical (unpaired) electrons. The molecule has 0 saturated carbocycles. The molecule has 0 aliphatic carbocycles. The maximum absolute atomic E-state index is 13.6. The molecule has 0 aliphatic rings. The minimum atomic E-state index is -0.621. The van der Waals surface area contributed by atoms with Crippen molar-refractivity contribution < 1.29 is 13.6 Å². The molecule has 1 aromatic rings. The summed E-state index contributed by atoms with van der Waals surface area (Å²) in [5, 5.41) is 0. The van der Waals surface area contributed by atoms with E-state index in [1.807, 2.05) is 0 Å². The number of halogens is 2. The van der Waals surface area contributed by atoms with Gasteiger partial charge >= 0.3 is 0 Å². The fourth-order valence-electron chi connectivity index (χ4n) is 2.30. The summed E-state index contributed by atoms with van der Waals surface area (Å²) in [6, 6.07) is 3.41. The van der Waals surface area contributed by atoms with Gasteiger partial charge in [-0.1, -0.05) is 19.4 Å². The lowest BCUT2D eigenvalue weighted by atomic mass is 9.96. The Labute approximate surface area is 125 Å². The zero-order valence-electron chi connectivity index (χ0n) is 12.7. The highest BCUT2D eigenvalue weighted by atomic mass is 19.1. The molecule has 1 rings (SSSR count). The highest BCUT2D eigenvalue weighted by molar-refractivity contribution is 5.75. The number of nitrogens with zero attached hydrogens (tertiary/aromatic N) is 1. The lowest BCUT2D eigenvalue weighted by Gasteiger charge is -2.19. The van der Waals surface area contributed by atoms with Crippen molar-refractivity contribution in [2.45, 2.75) is 39.2 Å². The maximum Gasteiger partial charge on any atom is 0.222 e. The molecule has 1 aromatic carbocycles. The van der Waals surface area contributed by atoms with E-state index in [0.29, 0.717) is 24.4 Å². The predicted molar refractivity (Wildman–Crippen MR) is 79.5 cm³/mol. The van der Waals surface area contributed by atoms with Crippen LogP contribution in [0.25, 0.3) is 0 Å². The van der Waals surface area contributed by atoms with Gasteiger partial charge in [-0.2, -0.15) is 0 Å². The standard InChI is InChI=1S/C16H24F2N2O/c1-3-12(8-9-19)4-7-16(21)20(2)11-13-5-6-14(17)10-15(13)18/h5-6,10,12H,3-4,7-9,11,19H2,1-2H3. The Hall–Kier alpha value is -1.49. The van der Waals surface area contributed by atoms with Gasteiger partial charge in [-0.05, 0) is 31.4 Å². The fraction of sp³-hybridized carbons (Fsp3) is 0.562. The average Bonchev–Trinajstić information content (AvgIpc) is 2.45. The lowest BCUT2D eigenvalue weighted by molar-refractivity contribution is -0.130. The van der Waals surface area contributed by atoms with Crippen molar-refractivity contribution in [2.75, 3.05) is 13.6 Å². The summed E-state index contributed by atoms with van der Waals surface area (Å²) in [5.74, 6) is -0.814. The van der Waals surface area contributed by atoms with E-state index in [9.17, 15) is 13.6 Å². The summed E-state index contributed by atoms with van der Waals surface area (Å²) in [7, 11) is 1.63. The zero-order valence-corrected chi connectivity index (χ0v) is 12.7. The quantitative estimate of drug-likeness (QED) is 0.801. The third-order valence-electron chi connectivity index (χ3n) is 3.77. The third-order valence-corrected chi connectivity index (χ3v) is 3.77. The van der Waals surface area contributed by atoms with Crippen LogP contribution in [-0.4, -0.2) is 24.4 Å². The first kappa shape index (κ1) is 17.6. The van der Waals surface area contributed by atoms with E-state index in [1.165, 1.54) is 17.0 Å². The largest absolute Gasteiger partial charge is 0.341 e. The van der Waals surface area contributed by atoms with Crippen molar-refractivity contribution in [3.05, 3.63) is 35.4 Å². The molecule has 118 valence electrons. The molecule has 1 atom stereocenters. The van der Waals surface area contributed by atoms with Gasteiger partial charge in [-0.15, -0.1) is 0 Å². The second-order valence-electron chi connectivity index (χ2n) is 5.38. The molecular formula is C16H24F2N2O. The first-order valence-electron chi connectivity index (χ1n) is 7.35. The van der Waals surface area contributed by atoms with Crippen LogP contribution in [0.1, 0.15) is 38.2 Å². The first-order valence-corrected chi connectivity index (χ1v) is 7.35. The molecule has 0 aromatic heterocycles. The third kappa shape index (κ3) is 5.79. The molecule has 0 heterocycles. The molecule has 0 spiro atoms. The van der Waals surface area contributed by atoms with Crippen LogP contribution < -0.4 is 5.73 Å². The highest BCUT2D eigenvalue weighted by Gasteiger charge is 2.14. The first-order chi connectivity index (χ1) is 9.97. The van der Waals surface area contributed by atoms with E-state index in [4.69, 9.17) is 5.73 Å². The summed E-state index contributed by atoms with van der Waals surface area (Å²) in [6.45, 7) is 2.87. The van der Waals surface area contributed by atoms with E-state index in [1.54, 1.807) is 7.05 Å². The summed E-state index contributed by atoms with van der Waals surface area (Å²) < 4.78 is 26.4. The zero-order chi connectivity index (χ0) is 15.8. The van der Waals surface area contributed by atoms with Crippen LogP contribution in [0.15, 0.2) is 18.2 Å². The van der Waals surface area contributed by atoms with Crippen LogP contribution in [0.5, 0.6) is 0 Å². The number of carbonyl (C=O) groups excluding carboxylic acids is 1. The minimum Gasteiger partial charge on any atom is -0.341 e. The van der Waals surface area contributed by atoms with Gasteiger partial charge in [-0.3, -0.25) is 4.79 Å². The van der Waals surface area contributed by atoms with Crippen LogP contribution in [0.3, 0.4) is 0 Å². The van der Waals surface area contributed by atoms with Crippen molar-refractivity contribution in [2.24, 2.45) is 11.7 Å². The number of amides is 1. The Balaban J connectivity index is 2.50. The molecule has 0 aliphatic heterocycles. The monoisotopic (exact) mass is 298 g/mol. The molecule has 1 unspecified atom stereocenters. The van der Waals surface area contributed by atoms with Crippen molar-refractivity contribution >= 4 is 5.91 Å². The molecule has 2 N–H and O–H groups in total. The number of rotatable bonds is 8. The number of hydrogen-bond donors (Lipinski definition) is 1. The van der Waals surface area contributed by atoms with Crippen molar-refractivity contribution in [1.82, 2.24) is 4.90 Å². The van der Waals surface area contributed by atoms with E-state index < -0.39 is 11.6 Å². The molecule has 0 saturated heterocycles. The maximum atomic E-state index is 13.6. The molecule has 3 nitrogen and oxygen atoms in total. The van der Waals surface area contributed by atoms with E-state index in [0.717, 1.165) is 25.3 Å². The van der Waals surface area contributed by atoms with E-state index >= 15 is 0 Å². The minimum absolute atomic E-state index is 0.0332. The Morgan fingerprint density at radius 3 is 2.62 bits per heavy atom. The van der Waals surface area contributed by atoms with Crippen LogP contribution in [0.2, 0.25) is 0 Å². The molecular weight excluding hydrogens is 274 g/mol. The van der Waals surface area contributed by atoms with Gasteiger partial charge in [-0.25, -0.2) is 8.78 Å². The van der Waals surface area contributed by atoms with Gasteiger partial charge in [0.1, 0.15) is 11.6 Å². The van der Waals surface area contributed by atoms with Crippen LogP contribution >= 0.6 is 0 Å². The second-order valence-corrected chi connectivity index (χ2v) is 5.38. The van der Waals surface area contributed by atoms with Crippen LogP contribution in [-0.2, 0) is 11.3 Å². The summed E-state index contributed by atoms with van der Waals surface area (Å²) in [5.41, 5.74) is 5.86. The fourth-order valence-corrected chi connectivity index (χ4v) is 2.30.